The lowest BCUT2D eigenvalue weighted by atomic mass is 9.52. The van der Waals surface area contributed by atoms with Crippen LogP contribution in [-0.2, 0) is 95.1 Å². The number of nitriles is 1. The number of thiocyanates is 1. The largest absolute Gasteiger partial charge is 0.523 e. The van der Waals surface area contributed by atoms with Gasteiger partial charge in [0.1, 0.15) is 24.7 Å². The van der Waals surface area contributed by atoms with E-state index in [0.29, 0.717) is 34.9 Å². The van der Waals surface area contributed by atoms with E-state index in [4.69, 9.17) is 54.8 Å². The van der Waals surface area contributed by atoms with Crippen LogP contribution in [0.15, 0.2) is 33.2 Å². The van der Waals surface area contributed by atoms with E-state index >= 15 is 0 Å². The van der Waals surface area contributed by atoms with E-state index in [9.17, 15) is 44.3 Å². The Morgan fingerprint density at radius 3 is 1.68 bits per heavy atom. The van der Waals surface area contributed by atoms with Gasteiger partial charge in [-0.1, -0.05) is 37.8 Å². The second-order valence-electron chi connectivity index (χ2n) is 17.4. The van der Waals surface area contributed by atoms with Crippen molar-refractivity contribution in [3.05, 3.63) is 55.5 Å². The number of ether oxygens (including phenoxy) is 1. The average Bonchev–Trinajstić information content (AvgIpc) is 3.23. The van der Waals surface area contributed by atoms with E-state index in [1.165, 1.54) is 86.6 Å². The van der Waals surface area contributed by atoms with Crippen molar-refractivity contribution < 1.29 is 53.2 Å². The van der Waals surface area contributed by atoms with Crippen molar-refractivity contribution in [2.75, 3.05) is 46.7 Å². The zero-order chi connectivity index (χ0) is 48.5. The molecule has 2 saturated carbocycles. The van der Waals surface area contributed by atoms with Crippen LogP contribution in [0.2, 0.25) is 0 Å². The third-order valence-corrected chi connectivity index (χ3v) is 32.2. The van der Waals surface area contributed by atoms with Crippen LogP contribution in [0.4, 0.5) is 30.7 Å². The number of alkyl halides is 7. The number of piperidine rings is 2. The topological polar surface area (TPSA) is 103 Å². The van der Waals surface area contributed by atoms with Gasteiger partial charge in [0.15, 0.2) is 5.40 Å². The Morgan fingerprint density at radius 2 is 1.26 bits per heavy atom. The first-order chi connectivity index (χ1) is 30.1. The minimum atomic E-state index is -5.87. The maximum absolute atomic E-state index is 12.6. The van der Waals surface area contributed by atoms with Crippen LogP contribution in [0, 0.1) is 22.5 Å². The summed E-state index contributed by atoms with van der Waals surface area (Å²) in [6.45, 7) is -0.0150. The molecule has 4 bridgehead atoms. The molecule has 0 amide bonds. The molecule has 4 unspecified atom stereocenters. The molecule has 8 rings (SSSR count). The van der Waals surface area contributed by atoms with Crippen molar-refractivity contribution >= 4 is 99.1 Å². The Kier molecular flexibility index (Phi) is 18.6. The molecule has 0 spiro atoms. The molecule has 1 N–H and O–H groups in total. The van der Waals surface area contributed by atoms with E-state index in [1.54, 1.807) is 6.26 Å². The van der Waals surface area contributed by atoms with Crippen molar-refractivity contribution in [2.24, 2.45) is 11.8 Å². The van der Waals surface area contributed by atoms with Gasteiger partial charge in [0.2, 0.25) is 0 Å². The SMILES string of the molecule is CN1CC[C@@]23CCCCC2C1Cc1ccc(O)c(Br)c13.CN1CC[C@@]23CCCCC2C1Cc1ccc(OCC(F)F)c(Br)c13.CS(=S)(=S)S(=S)(=S)C#N.O=S(=O)(OCC(F)F)C(F)(F)F. The highest BCUT2D eigenvalue weighted by molar-refractivity contribution is 9.12. The fraction of sp³-hybridized carbons (Fsp3) is 0.683. The van der Waals surface area contributed by atoms with Gasteiger partial charge in [0.25, 0.3) is 12.9 Å². The van der Waals surface area contributed by atoms with Crippen LogP contribution in [0.25, 0.3) is 0 Å². The van der Waals surface area contributed by atoms with Crippen LogP contribution >= 0.6 is 31.9 Å². The average molecular weight is 1180 g/mol. The van der Waals surface area contributed by atoms with Crippen LogP contribution in [0.3, 0.4) is 0 Å². The second-order valence-corrected chi connectivity index (χ2v) is 37.4. The highest BCUT2D eigenvalue weighted by Gasteiger charge is 2.55. The first kappa shape index (κ1) is 55.3. The van der Waals surface area contributed by atoms with Gasteiger partial charge in [-0.3, -0.25) is 4.18 Å². The lowest BCUT2D eigenvalue weighted by Crippen LogP contribution is -2.59. The molecule has 366 valence electrons. The van der Waals surface area contributed by atoms with Crippen LogP contribution in [0.5, 0.6) is 11.5 Å². The fourth-order valence-electron chi connectivity index (χ4n) is 11.0. The van der Waals surface area contributed by atoms with Crippen molar-refractivity contribution in [3.8, 4) is 16.9 Å². The smallest absolute Gasteiger partial charge is 0.507 e. The van der Waals surface area contributed by atoms with Gasteiger partial charge in [0.05, 0.1) is 15.1 Å². The summed E-state index contributed by atoms with van der Waals surface area (Å²) in [5.74, 6) is 2.45. The summed E-state index contributed by atoms with van der Waals surface area (Å²) in [7, 11) is -1.32. The van der Waals surface area contributed by atoms with E-state index in [2.05, 4.69) is 72.1 Å². The highest BCUT2D eigenvalue weighted by Crippen LogP contribution is 2.59. The third-order valence-electron chi connectivity index (χ3n) is 13.8. The van der Waals surface area contributed by atoms with Crippen LogP contribution in [-0.4, -0.2) is 100 Å². The number of fused-ring (bicyclic) bond motifs is 2. The van der Waals surface area contributed by atoms with Crippen molar-refractivity contribution in [3.63, 3.8) is 0 Å². The molecule has 2 aliphatic heterocycles. The predicted molar refractivity (Wildman–Crippen MR) is 261 cm³/mol. The van der Waals surface area contributed by atoms with Gasteiger partial charge in [0, 0.05) is 29.2 Å². The van der Waals surface area contributed by atoms with E-state index in [1.807, 2.05) is 17.5 Å². The number of nitrogens with zero attached hydrogens (tertiary/aromatic N) is 3. The minimum Gasteiger partial charge on any atom is -0.507 e. The van der Waals surface area contributed by atoms with Gasteiger partial charge >= 0.3 is 15.6 Å². The van der Waals surface area contributed by atoms with Gasteiger partial charge in [-0.25, -0.2) is 17.6 Å². The molecule has 0 radical (unpaired) electrons. The fourth-order valence-corrected chi connectivity index (χ4v) is 14.2. The number of halogens is 9. The maximum Gasteiger partial charge on any atom is 0.523 e. The molecule has 2 aromatic rings. The monoisotopic (exact) mass is 1180 g/mol. The van der Waals surface area contributed by atoms with Crippen molar-refractivity contribution in [2.45, 2.75) is 118 Å². The number of hydrogen-bond acceptors (Lipinski definition) is 12. The molecule has 8 nitrogen and oxygen atoms in total. The Labute approximate surface area is 413 Å². The summed E-state index contributed by atoms with van der Waals surface area (Å²) in [5.41, 5.74) is 0.523. The summed E-state index contributed by atoms with van der Waals surface area (Å²) in [6.07, 6.45) is 7.00. The Bertz CT molecular complexity index is 2430. The van der Waals surface area contributed by atoms with E-state index < -0.39 is 54.0 Å². The van der Waals surface area contributed by atoms with E-state index in [0.717, 1.165) is 40.7 Å². The molecule has 6 atom stereocenters. The summed E-state index contributed by atoms with van der Waals surface area (Å²) in [6, 6.07) is 9.31. The normalized spacial score (nSPS) is 27.4. The molecule has 24 heteroatoms. The summed E-state index contributed by atoms with van der Waals surface area (Å²) < 4.78 is 111. The molecular formula is C41H52Br2F7N3O5S7. The summed E-state index contributed by atoms with van der Waals surface area (Å²) >= 11 is 26.6. The molecular weight excluding hydrogens is 1130 g/mol. The van der Waals surface area contributed by atoms with Crippen LogP contribution < -0.4 is 4.74 Å². The predicted octanol–water partition coefficient (Wildman–Crippen LogP) is 9.91. The molecule has 2 saturated heterocycles. The first-order valence-electron chi connectivity index (χ1n) is 20.9. The van der Waals surface area contributed by atoms with Gasteiger partial charge in [-0.15, -0.1) is 0 Å². The van der Waals surface area contributed by atoms with Crippen molar-refractivity contribution in [1.82, 2.24) is 9.80 Å². The lowest BCUT2D eigenvalue weighted by molar-refractivity contribution is -0.0572. The lowest BCUT2D eigenvalue weighted by Gasteiger charge is -2.58. The van der Waals surface area contributed by atoms with Gasteiger partial charge in [-0.2, -0.15) is 26.9 Å². The zero-order valence-corrected chi connectivity index (χ0v) is 44.7. The second kappa shape index (κ2) is 21.8. The number of rotatable bonds is 7. The molecule has 6 aliphatic rings. The number of hydrogen-bond donors (Lipinski definition) is 1. The number of likely N-dealkylation sites (N-methyl/N-ethyl adjacent to an activating group) is 2. The van der Waals surface area contributed by atoms with E-state index in [-0.39, 0.29) is 5.41 Å². The first-order valence-corrected chi connectivity index (χ1v) is 31.8. The Morgan fingerprint density at radius 1 is 0.800 bits per heavy atom. The molecule has 2 heterocycles. The highest BCUT2D eigenvalue weighted by atomic mass is 79.9. The zero-order valence-electron chi connectivity index (χ0n) is 35.8. The minimum absolute atomic E-state index is 0.200. The number of benzene rings is 2. The standard InChI is InChI=1S/C19H24BrF2NO.C17H22BrNO.C3H3F5O3S.C2H3NS6/c1-23-9-8-19-7-3-2-4-13(19)14(23)10-12-5-6-15(18(20)17(12)19)24-11-16(21)22;1-19-9-8-17-7-3-2-4-12(17)13(19)10-11-5-6-14(20)16(18)15(11)17;4-2(5)1-11-12(9,10)3(6,7)8;1-8(4,5)9(6,7)2-3/h5-6,13-14,16H,2-4,7-11H2,1H3;5-6,12-13,20H,2-4,7-10H2,1H3;2H,1H2;1H3/t13?,14?,19-;12?,13?,17-;;/m00../s1. The Balaban J connectivity index is 0.000000175. The van der Waals surface area contributed by atoms with Crippen LogP contribution in [0.1, 0.15) is 86.5 Å². The molecule has 4 fully saturated rings. The van der Waals surface area contributed by atoms with Gasteiger partial charge in [-0.05, 0) is 208 Å². The summed E-state index contributed by atoms with van der Waals surface area (Å²) in [5, 5.41) is 20.4. The number of phenols is 1. The van der Waals surface area contributed by atoms with Gasteiger partial charge < -0.3 is 19.6 Å². The maximum atomic E-state index is 12.6. The third kappa shape index (κ3) is 12.0. The number of likely N-dealkylation sites (tertiary alicyclic amines) is 2. The number of phenolic OH excluding ortho intramolecular Hbond substituents is 1. The molecule has 2 aromatic carbocycles. The Hall–Kier alpha value is -0.590. The molecule has 65 heavy (non-hydrogen) atoms. The molecule has 4 aliphatic carbocycles. The molecule has 0 aromatic heterocycles. The quantitative estimate of drug-likeness (QED) is 0.0939. The number of aromatic hydroxyl groups is 1. The van der Waals surface area contributed by atoms with Crippen molar-refractivity contribution in [1.29, 1.82) is 5.26 Å². The summed E-state index contributed by atoms with van der Waals surface area (Å²) in [4.78, 5) is 5.12.